The molecule has 0 saturated heterocycles. The molecular formula is C20H23BrN2OS. The van der Waals surface area contributed by atoms with Crippen LogP contribution in [0.2, 0.25) is 0 Å². The first kappa shape index (κ1) is 21.2. The molecule has 0 unspecified atom stereocenters. The van der Waals surface area contributed by atoms with E-state index in [1.807, 2.05) is 56.6 Å². The number of thioether (sulfide) groups is 1. The summed E-state index contributed by atoms with van der Waals surface area (Å²) in [7, 11) is 4.04. The summed E-state index contributed by atoms with van der Waals surface area (Å²) in [4.78, 5) is 18.0. The van der Waals surface area contributed by atoms with Gasteiger partial charge in [-0.25, -0.2) is 4.99 Å². The Kier molecular flexibility index (Phi) is 9.24. The largest absolute Gasteiger partial charge is 0.378 e. The van der Waals surface area contributed by atoms with Crippen LogP contribution in [0.25, 0.3) is 6.08 Å². The lowest BCUT2D eigenvalue weighted by molar-refractivity contribution is -0.114. The van der Waals surface area contributed by atoms with Crippen molar-refractivity contribution in [3.8, 4) is 0 Å². The van der Waals surface area contributed by atoms with E-state index in [1.54, 1.807) is 6.92 Å². The molecule has 5 heteroatoms. The second-order valence-electron chi connectivity index (χ2n) is 5.60. The molecule has 0 N–H and O–H groups in total. The van der Waals surface area contributed by atoms with Crippen LogP contribution in [0.3, 0.4) is 0 Å². The van der Waals surface area contributed by atoms with Crippen LogP contribution >= 0.6 is 28.7 Å². The van der Waals surface area contributed by atoms with Gasteiger partial charge in [-0.05, 0) is 42.8 Å². The third-order valence-corrected chi connectivity index (χ3v) is 4.32. The summed E-state index contributed by atoms with van der Waals surface area (Å²) in [6.45, 7) is 1.59. The monoisotopic (exact) mass is 418 g/mol. The van der Waals surface area contributed by atoms with Gasteiger partial charge in [0, 0.05) is 19.8 Å². The molecule has 0 aliphatic carbocycles. The number of anilines is 1. The van der Waals surface area contributed by atoms with Gasteiger partial charge < -0.3 is 4.90 Å². The van der Waals surface area contributed by atoms with E-state index < -0.39 is 0 Å². The summed E-state index contributed by atoms with van der Waals surface area (Å²) in [5, 5.41) is 0.827. The van der Waals surface area contributed by atoms with Crippen LogP contribution in [0.1, 0.15) is 12.5 Å². The molecule has 132 valence electrons. The minimum absolute atomic E-state index is 0. The van der Waals surface area contributed by atoms with E-state index in [0.717, 1.165) is 22.0 Å². The van der Waals surface area contributed by atoms with E-state index in [4.69, 9.17) is 0 Å². The molecule has 0 bridgehead atoms. The van der Waals surface area contributed by atoms with Crippen molar-refractivity contribution >= 4 is 57.0 Å². The normalized spacial score (nSPS) is 11.2. The maximum atomic E-state index is 11.3. The fourth-order valence-corrected chi connectivity index (χ4v) is 2.66. The molecule has 2 aromatic carbocycles. The van der Waals surface area contributed by atoms with Gasteiger partial charge in [0.15, 0.2) is 0 Å². The van der Waals surface area contributed by atoms with Crippen LogP contribution in [-0.2, 0) is 4.79 Å². The van der Waals surface area contributed by atoms with Gasteiger partial charge in [0.25, 0.3) is 0 Å². The number of aliphatic imine (C=N–C) groups is 1. The summed E-state index contributed by atoms with van der Waals surface area (Å²) in [6, 6.07) is 18.1. The number of hydrogen-bond donors (Lipinski definition) is 0. The first-order chi connectivity index (χ1) is 11.5. The highest BCUT2D eigenvalue weighted by molar-refractivity contribution is 8.93. The predicted octanol–water partition coefficient (Wildman–Crippen LogP) is 5.40. The number of ketones is 1. The van der Waals surface area contributed by atoms with Crippen LogP contribution in [0.15, 0.2) is 65.7 Å². The second-order valence-corrected chi connectivity index (χ2v) is 6.59. The fraction of sp³-hybridized carbons (Fsp3) is 0.200. The molecule has 0 saturated carbocycles. The molecule has 0 atom stereocenters. The topological polar surface area (TPSA) is 32.7 Å². The highest BCUT2D eigenvalue weighted by atomic mass is 79.9. The molecule has 0 aliphatic heterocycles. The van der Waals surface area contributed by atoms with Crippen molar-refractivity contribution in [2.45, 2.75) is 6.92 Å². The van der Waals surface area contributed by atoms with Crippen molar-refractivity contribution in [1.29, 1.82) is 0 Å². The third kappa shape index (κ3) is 7.71. The molecule has 0 fully saturated rings. The first-order valence-electron chi connectivity index (χ1n) is 7.76. The lowest BCUT2D eigenvalue weighted by Crippen LogP contribution is -2.07. The molecule has 0 spiro atoms. The van der Waals surface area contributed by atoms with Crippen molar-refractivity contribution in [2.24, 2.45) is 4.99 Å². The molecule has 2 aromatic rings. The second kappa shape index (κ2) is 10.9. The number of benzene rings is 2. The summed E-state index contributed by atoms with van der Waals surface area (Å²) in [6.07, 6.45) is 3.99. The average molecular weight is 419 g/mol. The van der Waals surface area contributed by atoms with E-state index in [0.29, 0.717) is 5.75 Å². The summed E-state index contributed by atoms with van der Waals surface area (Å²) >= 11 is 1.46. The first-order valence-corrected chi connectivity index (χ1v) is 8.74. The predicted molar refractivity (Wildman–Crippen MR) is 117 cm³/mol. The lowest BCUT2D eigenvalue weighted by atomic mass is 10.2. The zero-order valence-electron chi connectivity index (χ0n) is 14.7. The quantitative estimate of drug-likeness (QED) is 0.465. The summed E-state index contributed by atoms with van der Waals surface area (Å²) in [5.41, 5.74) is 3.15. The Morgan fingerprint density at radius 1 is 1.08 bits per heavy atom. The Hall–Kier alpha value is -1.85. The molecule has 0 heterocycles. The summed E-state index contributed by atoms with van der Waals surface area (Å²) < 4.78 is 0. The van der Waals surface area contributed by atoms with Crippen molar-refractivity contribution in [2.75, 3.05) is 24.7 Å². The van der Waals surface area contributed by atoms with Crippen LogP contribution in [0.5, 0.6) is 0 Å². The smallest absolute Gasteiger partial charge is 0.140 e. The molecule has 0 aliphatic rings. The summed E-state index contributed by atoms with van der Waals surface area (Å²) in [5.74, 6) is 0.569. The highest BCUT2D eigenvalue weighted by Crippen LogP contribution is 2.18. The van der Waals surface area contributed by atoms with Gasteiger partial charge in [-0.3, -0.25) is 4.79 Å². The van der Waals surface area contributed by atoms with Gasteiger partial charge in [-0.2, -0.15) is 0 Å². The number of nitrogens with zero attached hydrogens (tertiary/aromatic N) is 2. The third-order valence-electron chi connectivity index (χ3n) is 3.25. The van der Waals surface area contributed by atoms with Gasteiger partial charge in [0.1, 0.15) is 5.78 Å². The zero-order chi connectivity index (χ0) is 17.4. The Morgan fingerprint density at radius 2 is 1.72 bits per heavy atom. The number of para-hydroxylation sites is 1. The van der Waals surface area contributed by atoms with Gasteiger partial charge in [0.2, 0.25) is 0 Å². The fourth-order valence-electron chi connectivity index (χ4n) is 1.97. The molecule has 3 nitrogen and oxygen atoms in total. The molecule has 25 heavy (non-hydrogen) atoms. The van der Waals surface area contributed by atoms with Crippen molar-refractivity contribution in [3.05, 3.63) is 66.2 Å². The Balaban J connectivity index is 0.00000312. The van der Waals surface area contributed by atoms with E-state index in [1.165, 1.54) is 11.8 Å². The number of rotatable bonds is 6. The van der Waals surface area contributed by atoms with E-state index in [9.17, 15) is 4.79 Å². The van der Waals surface area contributed by atoms with E-state index >= 15 is 0 Å². The number of carbonyl (C=O) groups is 1. The van der Waals surface area contributed by atoms with E-state index in [-0.39, 0.29) is 22.8 Å². The maximum absolute atomic E-state index is 11.3. The maximum Gasteiger partial charge on any atom is 0.140 e. The number of Topliss-reactive ketones (excluding diaryl/α,β-unsaturated/α-hetero) is 1. The number of hydrogen-bond acceptors (Lipinski definition) is 4. The van der Waals surface area contributed by atoms with Crippen LogP contribution in [-0.4, -0.2) is 30.7 Å². The Morgan fingerprint density at radius 3 is 2.28 bits per heavy atom. The Labute approximate surface area is 164 Å². The average Bonchev–Trinajstić information content (AvgIpc) is 2.58. The number of halogens is 1. The van der Waals surface area contributed by atoms with E-state index in [2.05, 4.69) is 34.2 Å². The molecule has 0 radical (unpaired) electrons. The van der Waals surface area contributed by atoms with Crippen LogP contribution in [0, 0.1) is 0 Å². The van der Waals surface area contributed by atoms with Crippen molar-refractivity contribution in [3.63, 3.8) is 0 Å². The lowest BCUT2D eigenvalue weighted by Gasteiger charge is -2.11. The standard InChI is InChI=1S/C20H22N2OS.BrH/c1-16(23)15-24-20(21-18-7-5-4-6-8-18)14-11-17-9-12-19(13-10-17)22(2)3;/h4-14H,15H2,1-3H3;1H. The van der Waals surface area contributed by atoms with Gasteiger partial charge in [-0.1, -0.05) is 48.2 Å². The SMILES string of the molecule is Br.CC(=O)CSC(C=Cc1ccc(N(C)C)cc1)=Nc1ccccc1. The van der Waals surface area contributed by atoms with Crippen molar-refractivity contribution in [1.82, 2.24) is 0 Å². The minimum Gasteiger partial charge on any atom is -0.378 e. The minimum atomic E-state index is 0. The highest BCUT2D eigenvalue weighted by Gasteiger charge is 2.01. The molecule has 2 rings (SSSR count). The van der Waals surface area contributed by atoms with Crippen molar-refractivity contribution < 1.29 is 4.79 Å². The molecular weight excluding hydrogens is 396 g/mol. The molecule has 0 amide bonds. The van der Waals surface area contributed by atoms with Gasteiger partial charge >= 0.3 is 0 Å². The number of carbonyl (C=O) groups excluding carboxylic acids is 1. The van der Waals surface area contributed by atoms with Gasteiger partial charge in [-0.15, -0.1) is 17.0 Å². The van der Waals surface area contributed by atoms with Gasteiger partial charge in [0.05, 0.1) is 16.5 Å². The Bertz CT molecular complexity index is 725. The molecule has 0 aromatic heterocycles. The van der Waals surface area contributed by atoms with Crippen LogP contribution < -0.4 is 4.90 Å². The zero-order valence-corrected chi connectivity index (χ0v) is 17.2. The van der Waals surface area contributed by atoms with Crippen LogP contribution in [0.4, 0.5) is 11.4 Å².